The third-order valence-corrected chi connectivity index (χ3v) is 3.42. The fourth-order valence-electron chi connectivity index (χ4n) is 1.94. The molecular formula is C17H21ClN4O. The van der Waals surface area contributed by atoms with Crippen LogP contribution in [0.1, 0.15) is 12.6 Å². The Morgan fingerprint density at radius 1 is 1.22 bits per heavy atom. The van der Waals surface area contributed by atoms with Crippen LogP contribution in [-0.4, -0.2) is 30.6 Å². The molecule has 0 spiro atoms. The summed E-state index contributed by atoms with van der Waals surface area (Å²) in [6.07, 6.45) is 1.72. The van der Waals surface area contributed by atoms with Crippen molar-refractivity contribution in [3.8, 4) is 5.75 Å². The summed E-state index contributed by atoms with van der Waals surface area (Å²) in [6.45, 7) is 3.19. The quantitative estimate of drug-likeness (QED) is 0.631. The van der Waals surface area contributed by atoms with E-state index in [1.807, 2.05) is 49.4 Å². The molecule has 2 N–H and O–H groups in total. The highest BCUT2D eigenvalue weighted by Crippen LogP contribution is 2.23. The van der Waals surface area contributed by atoms with Crippen molar-refractivity contribution in [2.45, 2.75) is 19.6 Å². The van der Waals surface area contributed by atoms with E-state index >= 15 is 0 Å². The summed E-state index contributed by atoms with van der Waals surface area (Å²) < 4.78 is 5.81. The van der Waals surface area contributed by atoms with Crippen molar-refractivity contribution in [1.82, 2.24) is 15.6 Å². The molecule has 0 saturated carbocycles. The first-order valence-electron chi connectivity index (χ1n) is 7.44. The van der Waals surface area contributed by atoms with Crippen LogP contribution in [0.2, 0.25) is 5.02 Å². The van der Waals surface area contributed by atoms with Gasteiger partial charge in [-0.2, -0.15) is 0 Å². The Labute approximate surface area is 141 Å². The van der Waals surface area contributed by atoms with E-state index in [4.69, 9.17) is 16.3 Å². The average molecular weight is 333 g/mol. The predicted molar refractivity (Wildman–Crippen MR) is 94.0 cm³/mol. The molecule has 1 atom stereocenters. The SMILES string of the molecule is CN=C(NCc1ccccn1)NCC(C)Oc1ccccc1Cl. The Balaban J connectivity index is 1.78. The maximum absolute atomic E-state index is 6.09. The minimum absolute atomic E-state index is 0.0525. The van der Waals surface area contributed by atoms with Gasteiger partial charge in [0.05, 0.1) is 23.8 Å². The minimum atomic E-state index is -0.0525. The lowest BCUT2D eigenvalue weighted by molar-refractivity contribution is 0.224. The van der Waals surface area contributed by atoms with Crippen LogP contribution >= 0.6 is 11.6 Å². The summed E-state index contributed by atoms with van der Waals surface area (Å²) in [5.41, 5.74) is 0.954. The maximum Gasteiger partial charge on any atom is 0.191 e. The van der Waals surface area contributed by atoms with Crippen LogP contribution < -0.4 is 15.4 Å². The van der Waals surface area contributed by atoms with Gasteiger partial charge in [0.1, 0.15) is 11.9 Å². The molecular weight excluding hydrogens is 312 g/mol. The van der Waals surface area contributed by atoms with E-state index in [1.54, 1.807) is 13.2 Å². The second kappa shape index (κ2) is 9.00. The van der Waals surface area contributed by atoms with Gasteiger partial charge in [0, 0.05) is 13.2 Å². The van der Waals surface area contributed by atoms with E-state index in [0.717, 1.165) is 5.69 Å². The molecule has 0 amide bonds. The number of hydrogen-bond donors (Lipinski definition) is 2. The number of para-hydroxylation sites is 1. The second-order valence-corrected chi connectivity index (χ2v) is 5.39. The number of nitrogens with zero attached hydrogens (tertiary/aromatic N) is 2. The topological polar surface area (TPSA) is 58.5 Å². The van der Waals surface area contributed by atoms with Gasteiger partial charge < -0.3 is 15.4 Å². The van der Waals surface area contributed by atoms with Gasteiger partial charge in [-0.3, -0.25) is 9.98 Å². The highest BCUT2D eigenvalue weighted by molar-refractivity contribution is 6.32. The molecule has 2 aromatic rings. The number of nitrogens with one attached hydrogen (secondary N) is 2. The molecule has 0 saturated heterocycles. The fraction of sp³-hybridized carbons (Fsp3) is 0.294. The molecule has 1 aromatic carbocycles. The zero-order valence-corrected chi connectivity index (χ0v) is 14.0. The van der Waals surface area contributed by atoms with Crippen LogP contribution in [0.25, 0.3) is 0 Å². The van der Waals surface area contributed by atoms with Crippen molar-refractivity contribution < 1.29 is 4.74 Å². The molecule has 0 fully saturated rings. The van der Waals surface area contributed by atoms with Crippen LogP contribution in [0.3, 0.4) is 0 Å². The van der Waals surface area contributed by atoms with Gasteiger partial charge in [0.2, 0.25) is 0 Å². The van der Waals surface area contributed by atoms with E-state index in [9.17, 15) is 0 Å². The van der Waals surface area contributed by atoms with Gasteiger partial charge in [0.25, 0.3) is 0 Å². The molecule has 122 valence electrons. The average Bonchev–Trinajstić information content (AvgIpc) is 2.58. The molecule has 0 radical (unpaired) electrons. The third kappa shape index (κ3) is 5.79. The summed E-state index contributed by atoms with van der Waals surface area (Å²) in [6, 6.07) is 13.3. The van der Waals surface area contributed by atoms with Gasteiger partial charge in [-0.05, 0) is 31.2 Å². The molecule has 1 aromatic heterocycles. The molecule has 2 rings (SSSR count). The van der Waals surface area contributed by atoms with Crippen LogP contribution in [-0.2, 0) is 6.54 Å². The Hall–Kier alpha value is -2.27. The van der Waals surface area contributed by atoms with E-state index in [0.29, 0.717) is 29.8 Å². The molecule has 1 unspecified atom stereocenters. The summed E-state index contributed by atoms with van der Waals surface area (Å²) in [5.74, 6) is 1.38. The summed E-state index contributed by atoms with van der Waals surface area (Å²) in [5, 5.41) is 7.04. The lowest BCUT2D eigenvalue weighted by Crippen LogP contribution is -2.41. The number of pyridine rings is 1. The van der Waals surface area contributed by atoms with Crippen LogP contribution in [0.15, 0.2) is 53.7 Å². The number of benzene rings is 1. The van der Waals surface area contributed by atoms with Gasteiger partial charge in [-0.15, -0.1) is 0 Å². The van der Waals surface area contributed by atoms with Crippen molar-refractivity contribution in [2.24, 2.45) is 4.99 Å². The Morgan fingerprint density at radius 2 is 2.00 bits per heavy atom. The molecule has 0 bridgehead atoms. The van der Waals surface area contributed by atoms with Crippen molar-refractivity contribution in [1.29, 1.82) is 0 Å². The van der Waals surface area contributed by atoms with E-state index in [1.165, 1.54) is 0 Å². The smallest absolute Gasteiger partial charge is 0.191 e. The fourth-order valence-corrected chi connectivity index (χ4v) is 2.12. The first-order chi connectivity index (χ1) is 11.2. The lowest BCUT2D eigenvalue weighted by atomic mass is 10.3. The Morgan fingerprint density at radius 3 is 2.70 bits per heavy atom. The summed E-state index contributed by atoms with van der Waals surface area (Å²) in [7, 11) is 1.73. The number of hydrogen-bond acceptors (Lipinski definition) is 3. The second-order valence-electron chi connectivity index (χ2n) is 4.99. The van der Waals surface area contributed by atoms with Crippen LogP contribution in [0.4, 0.5) is 0 Å². The number of rotatable bonds is 6. The molecule has 0 aliphatic carbocycles. The molecule has 0 aliphatic heterocycles. The molecule has 5 nitrogen and oxygen atoms in total. The highest BCUT2D eigenvalue weighted by Gasteiger charge is 2.08. The maximum atomic E-state index is 6.09. The zero-order chi connectivity index (χ0) is 16.5. The molecule has 1 heterocycles. The first kappa shape index (κ1) is 17.1. The Kier molecular flexibility index (Phi) is 6.69. The molecule has 6 heteroatoms. The van der Waals surface area contributed by atoms with Crippen LogP contribution in [0.5, 0.6) is 5.75 Å². The number of halogens is 1. The summed E-state index contributed by atoms with van der Waals surface area (Å²) in [4.78, 5) is 8.45. The lowest BCUT2D eigenvalue weighted by Gasteiger charge is -2.18. The third-order valence-electron chi connectivity index (χ3n) is 3.11. The summed E-state index contributed by atoms with van der Waals surface area (Å²) >= 11 is 6.09. The van der Waals surface area contributed by atoms with E-state index in [-0.39, 0.29) is 6.10 Å². The Bertz CT molecular complexity index is 634. The van der Waals surface area contributed by atoms with Gasteiger partial charge >= 0.3 is 0 Å². The number of aliphatic imine (C=N–C) groups is 1. The standard InChI is InChI=1S/C17H21ClN4O/c1-13(23-16-9-4-3-8-15(16)18)11-21-17(19-2)22-12-14-7-5-6-10-20-14/h3-10,13H,11-12H2,1-2H3,(H2,19,21,22). The molecule has 23 heavy (non-hydrogen) atoms. The number of aromatic nitrogens is 1. The van der Waals surface area contributed by atoms with Crippen LogP contribution in [0, 0.1) is 0 Å². The monoisotopic (exact) mass is 332 g/mol. The zero-order valence-electron chi connectivity index (χ0n) is 13.3. The van der Waals surface area contributed by atoms with Crippen molar-refractivity contribution in [2.75, 3.05) is 13.6 Å². The van der Waals surface area contributed by atoms with Crippen molar-refractivity contribution in [3.63, 3.8) is 0 Å². The number of guanidine groups is 1. The van der Waals surface area contributed by atoms with Crippen molar-refractivity contribution >= 4 is 17.6 Å². The minimum Gasteiger partial charge on any atom is -0.487 e. The van der Waals surface area contributed by atoms with Gasteiger partial charge in [-0.25, -0.2) is 0 Å². The first-order valence-corrected chi connectivity index (χ1v) is 7.82. The van der Waals surface area contributed by atoms with Gasteiger partial charge in [-0.1, -0.05) is 29.8 Å². The molecule has 0 aliphatic rings. The normalized spacial score (nSPS) is 12.6. The highest BCUT2D eigenvalue weighted by atomic mass is 35.5. The largest absolute Gasteiger partial charge is 0.487 e. The van der Waals surface area contributed by atoms with E-state index in [2.05, 4.69) is 20.6 Å². The van der Waals surface area contributed by atoms with Gasteiger partial charge in [0.15, 0.2) is 5.96 Å². The van der Waals surface area contributed by atoms with E-state index < -0.39 is 0 Å². The predicted octanol–water partition coefficient (Wildman–Crippen LogP) is 2.87. The van der Waals surface area contributed by atoms with Crippen molar-refractivity contribution in [3.05, 3.63) is 59.4 Å². The number of ether oxygens (including phenoxy) is 1.